The summed E-state index contributed by atoms with van der Waals surface area (Å²) in [5.74, 6) is -2.92. The third-order valence-electron chi connectivity index (χ3n) is 5.09. The van der Waals surface area contributed by atoms with Crippen molar-refractivity contribution in [1.29, 1.82) is 0 Å². The molecule has 190 valence electrons. The number of aromatic nitrogens is 4. The smallest absolute Gasteiger partial charge is 0.353 e. The van der Waals surface area contributed by atoms with Crippen LogP contribution in [-0.2, 0) is 19.2 Å². The van der Waals surface area contributed by atoms with E-state index in [0.717, 1.165) is 28.0 Å². The van der Waals surface area contributed by atoms with Gasteiger partial charge in [0.05, 0.1) is 6.04 Å². The van der Waals surface area contributed by atoms with Gasteiger partial charge >= 0.3 is 17.1 Å². The van der Waals surface area contributed by atoms with Crippen molar-refractivity contribution >= 4 is 51.7 Å². The Kier molecular flexibility index (Phi) is 7.15. The van der Waals surface area contributed by atoms with Crippen LogP contribution in [0.4, 0.5) is 9.52 Å². The Labute approximate surface area is 207 Å². The molecular weight excluding hydrogens is 523 g/mol. The number of nitrogens with two attached hydrogens (primary N) is 1. The van der Waals surface area contributed by atoms with Crippen LogP contribution in [0.25, 0.3) is 0 Å². The van der Waals surface area contributed by atoms with E-state index in [2.05, 4.69) is 25.5 Å². The van der Waals surface area contributed by atoms with Crippen molar-refractivity contribution in [3.63, 3.8) is 0 Å². The van der Waals surface area contributed by atoms with Crippen LogP contribution in [0.2, 0.25) is 0 Å². The summed E-state index contributed by atoms with van der Waals surface area (Å²) >= 11 is 1.83. The number of thiazole rings is 1. The SMILES string of the molecule is Nc1nc(/C(=N\OCCF)C(=O)N[C@@H]2C(=O)N3C(C(=O)O)=C(Sc4n[nH]c(=O)c(=O)[nH]4)CC[C@H]23)cs1. The zero-order chi connectivity index (χ0) is 26.0. The van der Waals surface area contributed by atoms with Crippen molar-refractivity contribution < 1.29 is 28.7 Å². The lowest BCUT2D eigenvalue weighted by molar-refractivity contribution is -0.155. The van der Waals surface area contributed by atoms with E-state index in [-0.39, 0.29) is 45.1 Å². The average Bonchev–Trinajstić information content (AvgIpc) is 3.27. The number of nitrogens with zero attached hydrogens (tertiary/aromatic N) is 4. The number of carbonyl (C=O) groups excluding carboxylic acids is 2. The van der Waals surface area contributed by atoms with Crippen LogP contribution >= 0.6 is 23.1 Å². The molecule has 2 aliphatic rings. The topological polar surface area (TPSA) is 226 Å². The number of carboxylic acids is 1. The van der Waals surface area contributed by atoms with Crippen molar-refractivity contribution in [2.75, 3.05) is 19.0 Å². The summed E-state index contributed by atoms with van der Waals surface area (Å²) in [6, 6.07) is -1.74. The number of allylic oxidation sites excluding steroid dienone is 1. The highest BCUT2D eigenvalue weighted by Gasteiger charge is 2.54. The number of hydrogen-bond acceptors (Lipinski definition) is 12. The number of H-pyrrole nitrogens is 2. The molecule has 0 aromatic carbocycles. The standard InChI is InChI=1S/C18H17FN8O7S2/c19-3-4-34-26-9(6-5-35-17(20)21-6)12(28)22-10-7-1-2-8(11(16(32)33)27(7)15(10)31)36-18-23-13(29)14(30)24-25-18/h5,7,10H,1-4H2,(H2,20,21)(H,22,28)(H,24,30)(H,32,33)(H,23,25,29)/b26-9+/t7-,10+/m1/s1. The van der Waals surface area contributed by atoms with Gasteiger partial charge in [-0.2, -0.15) is 0 Å². The van der Waals surface area contributed by atoms with Gasteiger partial charge in [-0.1, -0.05) is 16.9 Å². The monoisotopic (exact) mass is 540 g/mol. The number of anilines is 1. The molecule has 0 saturated carbocycles. The minimum Gasteiger partial charge on any atom is -0.477 e. The highest BCUT2D eigenvalue weighted by molar-refractivity contribution is 8.03. The van der Waals surface area contributed by atoms with Gasteiger partial charge in [-0.25, -0.2) is 19.3 Å². The Morgan fingerprint density at radius 1 is 1.39 bits per heavy atom. The Morgan fingerprint density at radius 3 is 2.81 bits per heavy atom. The summed E-state index contributed by atoms with van der Waals surface area (Å²) in [7, 11) is 0. The Balaban J connectivity index is 1.54. The minimum absolute atomic E-state index is 0.0544. The average molecular weight is 541 g/mol. The largest absolute Gasteiger partial charge is 0.477 e. The number of aliphatic carboxylic acids is 1. The van der Waals surface area contributed by atoms with Gasteiger partial charge in [0, 0.05) is 10.3 Å². The summed E-state index contributed by atoms with van der Waals surface area (Å²) in [6.07, 6.45) is 0.455. The van der Waals surface area contributed by atoms with Crippen molar-refractivity contribution in [1.82, 2.24) is 30.4 Å². The summed E-state index contributed by atoms with van der Waals surface area (Å²) in [4.78, 5) is 72.7. The maximum absolute atomic E-state index is 12.9. The molecule has 0 radical (unpaired) electrons. The normalized spacial score (nSPS) is 19.5. The van der Waals surface area contributed by atoms with E-state index < -0.39 is 54.3 Å². The minimum atomic E-state index is -1.40. The lowest BCUT2D eigenvalue weighted by Gasteiger charge is -2.49. The van der Waals surface area contributed by atoms with Gasteiger partial charge in [0.1, 0.15) is 30.7 Å². The van der Waals surface area contributed by atoms with Crippen molar-refractivity contribution in [3.8, 4) is 0 Å². The molecule has 0 spiro atoms. The number of carboxylic acid groups (broad SMARTS) is 1. The fourth-order valence-electron chi connectivity index (χ4n) is 3.58. The molecular formula is C18H17FN8O7S2. The number of fused-ring (bicyclic) bond motifs is 1. The molecule has 2 aliphatic heterocycles. The van der Waals surface area contributed by atoms with Crippen LogP contribution in [0.15, 0.2) is 35.9 Å². The number of nitrogens with one attached hydrogen (secondary N) is 3. The van der Waals surface area contributed by atoms with E-state index in [0.29, 0.717) is 0 Å². The first-order valence-electron chi connectivity index (χ1n) is 10.2. The van der Waals surface area contributed by atoms with Crippen LogP contribution in [0.1, 0.15) is 18.5 Å². The van der Waals surface area contributed by atoms with Gasteiger partial charge in [-0.3, -0.25) is 29.1 Å². The van der Waals surface area contributed by atoms with Crippen LogP contribution < -0.4 is 22.2 Å². The molecule has 0 bridgehead atoms. The third kappa shape index (κ3) is 4.85. The van der Waals surface area contributed by atoms with E-state index in [1.54, 1.807) is 0 Å². The maximum Gasteiger partial charge on any atom is 0.353 e. The first-order valence-corrected chi connectivity index (χ1v) is 11.9. The summed E-state index contributed by atoms with van der Waals surface area (Å²) in [5, 5.41) is 23.1. The number of β-lactam (4-membered cyclic amide) rings is 1. The molecule has 2 aromatic heterocycles. The first-order chi connectivity index (χ1) is 17.2. The highest BCUT2D eigenvalue weighted by Crippen LogP contribution is 2.42. The number of hydrogen-bond donors (Lipinski definition) is 5. The Hall–Kier alpha value is -4.06. The predicted octanol–water partition coefficient (Wildman–Crippen LogP) is -1.23. The van der Waals surface area contributed by atoms with E-state index in [1.807, 2.05) is 5.10 Å². The number of oxime groups is 1. The summed E-state index contributed by atoms with van der Waals surface area (Å²) in [5.41, 5.74) is 3.09. The number of alkyl halides is 1. The fraction of sp³-hybridized carbons (Fsp3) is 0.333. The zero-order valence-electron chi connectivity index (χ0n) is 18.0. The number of halogens is 1. The molecule has 0 unspecified atom stereocenters. The van der Waals surface area contributed by atoms with Crippen molar-refractivity contribution in [2.45, 2.75) is 30.1 Å². The molecule has 2 aromatic rings. The fourth-order valence-corrected chi connectivity index (χ4v) is 5.10. The quantitative estimate of drug-likeness (QED) is 0.0831. The molecule has 1 fully saturated rings. The van der Waals surface area contributed by atoms with Crippen LogP contribution in [-0.4, -0.2) is 79.0 Å². The maximum atomic E-state index is 12.9. The molecule has 2 amide bonds. The van der Waals surface area contributed by atoms with Crippen molar-refractivity contribution in [3.05, 3.63) is 42.4 Å². The van der Waals surface area contributed by atoms with Crippen molar-refractivity contribution in [2.24, 2.45) is 5.16 Å². The second-order valence-corrected chi connectivity index (χ2v) is 9.26. The molecule has 15 nitrogen and oxygen atoms in total. The molecule has 1 saturated heterocycles. The Bertz CT molecular complexity index is 1400. The van der Waals surface area contributed by atoms with Crippen LogP contribution in [0.3, 0.4) is 0 Å². The molecule has 4 heterocycles. The zero-order valence-corrected chi connectivity index (χ0v) is 19.7. The molecule has 6 N–H and O–H groups in total. The molecule has 18 heteroatoms. The number of aromatic amines is 2. The second-order valence-electron chi connectivity index (χ2n) is 7.29. The number of rotatable bonds is 9. The van der Waals surface area contributed by atoms with E-state index in [9.17, 15) is 33.5 Å². The number of nitrogen functional groups attached to an aromatic ring is 1. The van der Waals surface area contributed by atoms with E-state index >= 15 is 0 Å². The van der Waals surface area contributed by atoms with E-state index in [1.165, 1.54) is 5.38 Å². The van der Waals surface area contributed by atoms with Gasteiger partial charge in [-0.15, -0.1) is 16.4 Å². The van der Waals surface area contributed by atoms with Gasteiger partial charge in [0.2, 0.25) is 0 Å². The molecule has 2 atom stereocenters. The van der Waals surface area contributed by atoms with Crippen LogP contribution in [0.5, 0.6) is 0 Å². The van der Waals surface area contributed by atoms with E-state index in [4.69, 9.17) is 10.6 Å². The number of amides is 2. The second kappa shape index (κ2) is 10.3. The molecule has 4 rings (SSSR count). The van der Waals surface area contributed by atoms with Crippen LogP contribution in [0, 0.1) is 0 Å². The number of carbonyl (C=O) groups is 3. The third-order valence-corrected chi connectivity index (χ3v) is 6.80. The number of thioether (sulfide) groups is 1. The summed E-state index contributed by atoms with van der Waals surface area (Å²) < 4.78 is 12.4. The lowest BCUT2D eigenvalue weighted by atomic mass is 9.86. The summed E-state index contributed by atoms with van der Waals surface area (Å²) in [6.45, 7) is -1.25. The Morgan fingerprint density at radius 2 is 2.17 bits per heavy atom. The predicted molar refractivity (Wildman–Crippen MR) is 123 cm³/mol. The lowest BCUT2D eigenvalue weighted by Crippen LogP contribution is -2.72. The van der Waals surface area contributed by atoms with Gasteiger partial charge in [-0.05, 0) is 12.8 Å². The highest BCUT2D eigenvalue weighted by atomic mass is 32.2. The van der Waals surface area contributed by atoms with Gasteiger partial charge < -0.3 is 21.0 Å². The van der Waals surface area contributed by atoms with Gasteiger partial charge in [0.15, 0.2) is 16.0 Å². The first kappa shape index (κ1) is 25.0. The van der Waals surface area contributed by atoms with Gasteiger partial charge in [0.25, 0.3) is 11.8 Å². The molecule has 36 heavy (non-hydrogen) atoms. The molecule has 0 aliphatic carbocycles.